The Hall–Kier alpha value is 0.345. The average molecular weight is 554 g/mol. The minimum Gasteiger partial charge on any atom is -1.00 e. The number of hydrogen-bond acceptors (Lipinski definition) is 0. The van der Waals surface area contributed by atoms with Crippen molar-refractivity contribution in [3.05, 3.63) is 86.6 Å². The van der Waals surface area contributed by atoms with Gasteiger partial charge in [-0.25, -0.2) is 0 Å². The Morgan fingerprint density at radius 2 is 0.792 bits per heavy atom. The van der Waals surface area contributed by atoms with Crippen LogP contribution in [0.2, 0.25) is 0 Å². The van der Waals surface area contributed by atoms with E-state index in [9.17, 15) is 0 Å². The summed E-state index contributed by atoms with van der Waals surface area (Å²) < 4.78 is 0. The van der Waals surface area contributed by atoms with Gasteiger partial charge in [0.2, 0.25) is 0 Å². The molecular weight excluding hydrogens is 524 g/mol. The first-order chi connectivity index (χ1) is 8.86. The van der Waals surface area contributed by atoms with Gasteiger partial charge in [0.25, 0.3) is 0 Å². The largest absolute Gasteiger partial charge is 2.00 e. The van der Waals surface area contributed by atoms with Gasteiger partial charge in [-0.3, -0.25) is 0 Å². The van der Waals surface area contributed by atoms with E-state index >= 15 is 0 Å². The Morgan fingerprint density at radius 3 is 1.00 bits per heavy atom. The molecule has 0 atom stereocenters. The van der Waals surface area contributed by atoms with E-state index in [1.165, 1.54) is 36.8 Å². The molecule has 0 aromatic heterocycles. The van der Waals surface area contributed by atoms with Crippen molar-refractivity contribution in [2.45, 2.75) is 39.5 Å². The summed E-state index contributed by atoms with van der Waals surface area (Å²) in [6, 6.07) is 21.1. The topological polar surface area (TPSA) is 0 Å². The fraction of sp³-hybridized carbons (Fsp3) is 0.300. The fourth-order valence-electron chi connectivity index (χ4n) is 1.87. The van der Waals surface area contributed by atoms with Crippen LogP contribution in [0.1, 0.15) is 37.8 Å². The molecule has 24 heavy (non-hydrogen) atoms. The maximum Gasteiger partial charge on any atom is 2.00 e. The number of rotatable bonds is 4. The van der Waals surface area contributed by atoms with Gasteiger partial charge in [-0.1, -0.05) is 87.4 Å². The smallest absolute Gasteiger partial charge is 1.00 e. The van der Waals surface area contributed by atoms with Gasteiger partial charge >= 0.3 is 40.8 Å². The Morgan fingerprint density at radius 1 is 0.542 bits per heavy atom. The molecule has 2 aromatic carbocycles. The Kier molecular flexibility index (Phi) is 46.3. The third kappa shape index (κ3) is 20.4. The van der Waals surface area contributed by atoms with Crippen molar-refractivity contribution in [1.29, 1.82) is 0 Å². The molecule has 0 amide bonds. The quantitative estimate of drug-likeness (QED) is 0.374. The van der Waals surface area contributed by atoms with Crippen LogP contribution in [0.5, 0.6) is 0 Å². The predicted octanol–water partition coefficient (Wildman–Crippen LogP) is 0.182. The normalized spacial score (nSPS) is 7.08. The van der Waals surface area contributed by atoms with E-state index in [1.807, 2.05) is 0 Å². The zero-order valence-corrected chi connectivity index (χ0v) is 19.6. The first-order valence-corrected chi connectivity index (χ1v) is 6.94. The van der Waals surface area contributed by atoms with Crippen LogP contribution in [0.4, 0.5) is 0 Å². The van der Waals surface area contributed by atoms with Crippen molar-refractivity contribution in [1.82, 2.24) is 0 Å². The second-order valence-electron chi connectivity index (χ2n) is 4.47. The van der Waals surface area contributed by atoms with Gasteiger partial charge in [0, 0.05) is 0 Å². The number of aryl methyl sites for hydroxylation is 2. The van der Waals surface area contributed by atoms with Crippen LogP contribution in [0.3, 0.4) is 0 Å². The summed E-state index contributed by atoms with van der Waals surface area (Å²) in [7, 11) is 0. The molecule has 0 N–H and O–H groups in total. The average Bonchev–Trinajstić information content (AvgIpc) is 2.43. The molecule has 0 aliphatic heterocycles. The van der Waals surface area contributed by atoms with Gasteiger partial charge in [0.1, 0.15) is 0 Å². The molecule has 0 unspecified atom stereocenters. The van der Waals surface area contributed by atoms with Gasteiger partial charge in [-0.05, 0) is 24.0 Å². The van der Waals surface area contributed by atoms with E-state index in [0.29, 0.717) is 0 Å². The molecule has 4 heteroatoms. The fourth-order valence-corrected chi connectivity index (χ4v) is 1.87. The molecule has 0 aliphatic rings. The Labute approximate surface area is 190 Å². The van der Waals surface area contributed by atoms with Crippen LogP contribution < -0.4 is 24.8 Å². The second-order valence-corrected chi connectivity index (χ2v) is 4.47. The van der Waals surface area contributed by atoms with Crippen LogP contribution in [-0.4, -0.2) is 0 Å². The summed E-state index contributed by atoms with van der Waals surface area (Å²) in [6.45, 7) is 4.40. The molecule has 0 radical (unpaired) electrons. The van der Waals surface area contributed by atoms with Crippen molar-refractivity contribution >= 4 is 0 Å². The van der Waals surface area contributed by atoms with Crippen molar-refractivity contribution < 1.29 is 65.7 Å². The van der Waals surface area contributed by atoms with E-state index in [0.717, 1.165) is 0 Å². The Bertz CT molecular complexity index is 367. The van der Waals surface area contributed by atoms with Gasteiger partial charge < -0.3 is 39.7 Å². The minimum atomic E-state index is 0. The van der Waals surface area contributed by atoms with Crippen molar-refractivity contribution in [3.8, 4) is 0 Å². The standard InChI is InChI=1S/2C9H12.2CH3.2ClH.2Pd/c2*1-2-6-9-7-4-3-5-8-9;;;;;;/h2*3-5,7-8H,2,6H2,1H3;2*1H3;2*1H;;/q;;2*-1;;;2*+2/p-2. The molecule has 0 nitrogen and oxygen atoms in total. The minimum absolute atomic E-state index is 0. The van der Waals surface area contributed by atoms with Crippen molar-refractivity contribution in [2.24, 2.45) is 0 Å². The Balaban J connectivity index is -0.0000000540. The summed E-state index contributed by atoms with van der Waals surface area (Å²) in [6.07, 6.45) is 4.90. The van der Waals surface area contributed by atoms with Crippen LogP contribution >= 0.6 is 0 Å². The first kappa shape index (κ1) is 39.4. The van der Waals surface area contributed by atoms with Crippen LogP contribution in [-0.2, 0) is 53.7 Å². The summed E-state index contributed by atoms with van der Waals surface area (Å²) in [4.78, 5) is 0. The van der Waals surface area contributed by atoms with E-state index in [2.05, 4.69) is 74.5 Å². The molecule has 2 rings (SSSR count). The van der Waals surface area contributed by atoms with Gasteiger partial charge in [0.05, 0.1) is 0 Å². The number of benzene rings is 2. The molecule has 144 valence electrons. The third-order valence-corrected chi connectivity index (χ3v) is 2.76. The maximum absolute atomic E-state index is 2.20. The van der Waals surface area contributed by atoms with Crippen LogP contribution in [0.25, 0.3) is 0 Å². The first-order valence-electron chi connectivity index (χ1n) is 6.94. The molecule has 0 saturated carbocycles. The van der Waals surface area contributed by atoms with Crippen LogP contribution in [0.15, 0.2) is 60.7 Å². The summed E-state index contributed by atoms with van der Waals surface area (Å²) >= 11 is 0. The molecule has 0 saturated heterocycles. The predicted molar refractivity (Wildman–Crippen MR) is 93.7 cm³/mol. The number of hydrogen-bond donors (Lipinski definition) is 0. The van der Waals surface area contributed by atoms with Crippen LogP contribution in [0, 0.1) is 14.9 Å². The number of halogens is 2. The van der Waals surface area contributed by atoms with Gasteiger partial charge in [-0.15, -0.1) is 0 Å². The SMILES string of the molecule is CCCc1ccccc1.CCCc1ccccc1.[CH3-].[CH3-].[Cl-].[Cl-].[Pd+2].[Pd+2]. The third-order valence-electron chi connectivity index (χ3n) is 2.76. The van der Waals surface area contributed by atoms with Crippen molar-refractivity contribution in [3.63, 3.8) is 0 Å². The maximum atomic E-state index is 2.20. The van der Waals surface area contributed by atoms with Crippen molar-refractivity contribution in [2.75, 3.05) is 0 Å². The monoisotopic (exact) mass is 552 g/mol. The van der Waals surface area contributed by atoms with Gasteiger partial charge in [-0.2, -0.15) is 0 Å². The summed E-state index contributed by atoms with van der Waals surface area (Å²) in [5.41, 5.74) is 2.89. The molecular formula is C20H30Cl2Pd2. The molecule has 0 aliphatic carbocycles. The molecule has 0 bridgehead atoms. The summed E-state index contributed by atoms with van der Waals surface area (Å²) in [5, 5.41) is 0. The summed E-state index contributed by atoms with van der Waals surface area (Å²) in [5.74, 6) is 0. The molecule has 0 fully saturated rings. The van der Waals surface area contributed by atoms with Gasteiger partial charge in [0.15, 0.2) is 0 Å². The van der Waals surface area contributed by atoms with E-state index < -0.39 is 0 Å². The molecule has 0 spiro atoms. The van der Waals surface area contributed by atoms with E-state index in [-0.39, 0.29) is 80.5 Å². The zero-order chi connectivity index (χ0) is 13.1. The molecule has 0 heterocycles. The van der Waals surface area contributed by atoms with E-state index in [1.54, 1.807) is 0 Å². The van der Waals surface area contributed by atoms with E-state index in [4.69, 9.17) is 0 Å². The second kappa shape index (κ2) is 28.2. The molecule has 2 aromatic rings. The zero-order valence-electron chi connectivity index (χ0n) is 15.0.